The van der Waals surface area contributed by atoms with Crippen LogP contribution in [0.3, 0.4) is 0 Å². The van der Waals surface area contributed by atoms with Crippen LogP contribution in [0.25, 0.3) is 100 Å². The van der Waals surface area contributed by atoms with Gasteiger partial charge < -0.3 is 19.4 Å². The molecule has 0 amide bonds. The summed E-state index contributed by atoms with van der Waals surface area (Å²) in [5, 5.41) is 2.22. The van der Waals surface area contributed by atoms with E-state index in [0.717, 1.165) is 115 Å². The molecule has 0 spiro atoms. The number of pyridine rings is 3. The van der Waals surface area contributed by atoms with Gasteiger partial charge in [0.05, 0.1) is 0 Å². The number of aromatic nitrogens is 3. The molecule has 5 heteroatoms. The Kier molecular flexibility index (Phi) is 13.4. The zero-order valence-electron chi connectivity index (χ0n) is 39.4. The normalized spacial score (nSPS) is 11.2. The van der Waals surface area contributed by atoms with Gasteiger partial charge in [0.1, 0.15) is 11.2 Å². The van der Waals surface area contributed by atoms with Gasteiger partial charge in [0.25, 0.3) is 0 Å². The number of para-hydroxylation sites is 1. The Labute approximate surface area is 434 Å². The summed E-state index contributed by atoms with van der Waals surface area (Å²) in [5.74, 6) is 0. The second-order valence-corrected chi connectivity index (χ2v) is 18.0. The van der Waals surface area contributed by atoms with Crippen LogP contribution in [0.5, 0.6) is 0 Å². The molecule has 0 aliphatic carbocycles. The van der Waals surface area contributed by atoms with Crippen LogP contribution in [-0.4, -0.2) is 15.0 Å². The van der Waals surface area contributed by atoms with Crippen molar-refractivity contribution in [3.8, 4) is 78.3 Å². The Bertz CT molecular complexity index is 3670. The molecule has 8 aromatic carbocycles. The molecule has 4 aromatic heterocycles. The van der Waals surface area contributed by atoms with Crippen molar-refractivity contribution >= 4 is 21.9 Å². The van der Waals surface area contributed by atoms with E-state index in [1.807, 2.05) is 61.1 Å². The number of hydrogen-bond acceptors (Lipinski definition) is 4. The maximum absolute atomic E-state index is 6.59. The molecule has 12 aromatic rings. The van der Waals surface area contributed by atoms with Gasteiger partial charge in [-0.3, -0.25) is 0 Å². The third kappa shape index (κ3) is 9.86. The van der Waals surface area contributed by atoms with Crippen LogP contribution < -0.4 is 0 Å². The Hall–Kier alpha value is -8.34. The number of aryl methyl sites for hydroxylation is 4. The molecule has 0 saturated heterocycles. The Balaban J connectivity index is 0.00000560. The Morgan fingerprint density at radius 2 is 0.889 bits per heavy atom. The van der Waals surface area contributed by atoms with E-state index in [9.17, 15) is 0 Å². The van der Waals surface area contributed by atoms with Gasteiger partial charge in [-0.1, -0.05) is 151 Å². The monoisotopic (exact) mass is 1100 g/mol. The van der Waals surface area contributed by atoms with E-state index < -0.39 is 0 Å². The number of benzene rings is 8. The second kappa shape index (κ2) is 20.9. The van der Waals surface area contributed by atoms with E-state index >= 15 is 0 Å². The Morgan fingerprint density at radius 1 is 0.333 bits per heavy atom. The molecule has 0 aliphatic rings. The zero-order valence-corrected chi connectivity index (χ0v) is 41.7. The number of furan rings is 1. The van der Waals surface area contributed by atoms with Crippen molar-refractivity contribution in [2.24, 2.45) is 0 Å². The van der Waals surface area contributed by atoms with Gasteiger partial charge in [0, 0.05) is 34.9 Å². The van der Waals surface area contributed by atoms with Gasteiger partial charge in [-0.25, -0.2) is 0 Å². The first-order chi connectivity index (χ1) is 35.1. The van der Waals surface area contributed by atoms with Gasteiger partial charge in [0.15, 0.2) is 0 Å². The van der Waals surface area contributed by atoms with E-state index in [4.69, 9.17) is 9.40 Å². The van der Waals surface area contributed by atoms with Crippen molar-refractivity contribution in [2.45, 2.75) is 25.7 Å². The summed E-state index contributed by atoms with van der Waals surface area (Å²) in [6, 6.07) is 85.3. The van der Waals surface area contributed by atoms with E-state index in [1.54, 1.807) is 0 Å². The molecule has 0 bridgehead atoms. The van der Waals surface area contributed by atoms with Crippen molar-refractivity contribution in [3.63, 3.8) is 0 Å². The number of rotatable bonds is 13. The molecular weight excluding hydrogens is 1050 g/mol. The molecule has 72 heavy (non-hydrogen) atoms. The van der Waals surface area contributed by atoms with Gasteiger partial charge in [-0.15, -0.1) is 101 Å². The number of fused-ring (bicyclic) bond motifs is 3. The minimum absolute atomic E-state index is 0. The van der Waals surface area contributed by atoms with Crippen molar-refractivity contribution < 1.29 is 24.5 Å². The SMILES string of the molecule is [Ir+3].[c-]1cc(CCc2cc(CCc3c[c-]c(-c4ccccn4)cc3)cc(-c3ccccc3-c3c[c-]c(-c4cc(-c5ccc6c(c5)oc5c(-c7ccccc7)cccc56)ccn4)cc3)c2)ccc1-c1ccccn1. The summed E-state index contributed by atoms with van der Waals surface area (Å²) in [6.45, 7) is 0. The first kappa shape index (κ1) is 46.1. The summed E-state index contributed by atoms with van der Waals surface area (Å²) >= 11 is 0. The topological polar surface area (TPSA) is 51.8 Å². The standard InChI is InChI=1S/C67H46N3O.Ir/c1-2-11-50(12-3-1)60-15-10-16-62-61-36-35-55(45-66(61)71-67(60)62)56-37-40-70-65(44-56)54-33-31-51(32-34-54)58-13-4-5-14-59(58)57-42-48(21-19-46-23-27-52(28-24-46)63-17-6-8-38-68-63)41-49(43-57)22-20-47-25-29-53(30-26-47)64-18-7-9-39-69-64;/h1-18,23-27,29,31-33,35-45H,19-22H2;/q-3;+3. The smallest absolute Gasteiger partial charge is 0.455 e. The van der Waals surface area contributed by atoms with Crippen molar-refractivity contribution in [3.05, 3.63) is 271 Å². The van der Waals surface area contributed by atoms with Crippen LogP contribution in [0.15, 0.2) is 235 Å². The molecule has 0 atom stereocenters. The molecule has 4 heterocycles. The third-order valence-corrected chi connectivity index (χ3v) is 13.4. The molecule has 0 saturated carbocycles. The average Bonchev–Trinajstić information content (AvgIpc) is 3.83. The molecule has 0 fully saturated rings. The summed E-state index contributed by atoms with van der Waals surface area (Å²) < 4.78 is 6.59. The average molecular weight is 1100 g/mol. The predicted octanol–water partition coefficient (Wildman–Crippen LogP) is 16.4. The van der Waals surface area contributed by atoms with E-state index in [0.29, 0.717) is 0 Å². The zero-order chi connectivity index (χ0) is 47.3. The molecule has 0 aliphatic heterocycles. The number of hydrogen-bond donors (Lipinski definition) is 0. The fourth-order valence-electron chi connectivity index (χ4n) is 9.69. The molecule has 344 valence electrons. The predicted molar refractivity (Wildman–Crippen MR) is 289 cm³/mol. The minimum atomic E-state index is 0. The van der Waals surface area contributed by atoms with E-state index in [2.05, 4.69) is 198 Å². The largest absolute Gasteiger partial charge is 3.00 e. The number of nitrogens with zero attached hydrogens (tertiary/aromatic N) is 3. The molecule has 12 rings (SSSR count). The molecule has 0 unspecified atom stereocenters. The summed E-state index contributed by atoms with van der Waals surface area (Å²) in [6.07, 6.45) is 9.16. The van der Waals surface area contributed by atoms with Crippen LogP contribution >= 0.6 is 0 Å². The first-order valence-electron chi connectivity index (χ1n) is 24.2. The minimum Gasteiger partial charge on any atom is -0.455 e. The quantitative estimate of drug-likeness (QED) is 0.108. The molecular formula is C67H46IrN3O. The maximum Gasteiger partial charge on any atom is 3.00 e. The van der Waals surface area contributed by atoms with Crippen molar-refractivity contribution in [1.82, 2.24) is 15.0 Å². The fraction of sp³-hybridized carbons (Fsp3) is 0.0597. The molecule has 0 radical (unpaired) electrons. The third-order valence-electron chi connectivity index (χ3n) is 13.4. The van der Waals surface area contributed by atoms with Gasteiger partial charge in [-0.05, 0) is 99.2 Å². The maximum atomic E-state index is 6.59. The van der Waals surface area contributed by atoms with Crippen LogP contribution in [0, 0.1) is 18.2 Å². The van der Waals surface area contributed by atoms with Gasteiger partial charge >= 0.3 is 20.1 Å². The summed E-state index contributed by atoms with van der Waals surface area (Å²) in [7, 11) is 0. The van der Waals surface area contributed by atoms with Gasteiger partial charge in [0.2, 0.25) is 0 Å². The van der Waals surface area contributed by atoms with Crippen LogP contribution in [0.4, 0.5) is 0 Å². The van der Waals surface area contributed by atoms with Crippen LogP contribution in [0.1, 0.15) is 22.3 Å². The van der Waals surface area contributed by atoms with Crippen molar-refractivity contribution in [1.29, 1.82) is 0 Å². The van der Waals surface area contributed by atoms with E-state index in [-0.39, 0.29) is 20.1 Å². The van der Waals surface area contributed by atoms with Crippen LogP contribution in [0.2, 0.25) is 0 Å². The molecule has 4 nitrogen and oxygen atoms in total. The second-order valence-electron chi connectivity index (χ2n) is 18.0. The first-order valence-corrected chi connectivity index (χ1v) is 24.2. The van der Waals surface area contributed by atoms with E-state index in [1.165, 1.54) is 33.4 Å². The molecule has 0 N–H and O–H groups in total. The summed E-state index contributed by atoms with van der Waals surface area (Å²) in [5.41, 5.74) is 21.6. The van der Waals surface area contributed by atoms with Crippen molar-refractivity contribution in [2.75, 3.05) is 0 Å². The summed E-state index contributed by atoms with van der Waals surface area (Å²) in [4.78, 5) is 13.8. The fourth-order valence-corrected chi connectivity index (χ4v) is 9.69. The van der Waals surface area contributed by atoms with Crippen LogP contribution in [-0.2, 0) is 45.8 Å². The van der Waals surface area contributed by atoms with Gasteiger partial charge in [-0.2, -0.15) is 0 Å². The Morgan fingerprint density at radius 3 is 1.51 bits per heavy atom.